The number of aryl methyl sites for hydroxylation is 1. The highest BCUT2D eigenvalue weighted by molar-refractivity contribution is 7.17. The number of fused-ring (bicyclic) bond motifs is 1. The van der Waals surface area contributed by atoms with Gasteiger partial charge in [0, 0.05) is 23.5 Å². The molecule has 0 bridgehead atoms. The molecule has 0 fully saturated rings. The number of rotatable bonds is 6. The van der Waals surface area contributed by atoms with Gasteiger partial charge in [-0.1, -0.05) is 18.2 Å². The lowest BCUT2D eigenvalue weighted by Crippen LogP contribution is -2.31. The number of para-hydroxylation sites is 1. The number of carbonyl (C=O) groups is 3. The van der Waals surface area contributed by atoms with Crippen LogP contribution in [-0.4, -0.2) is 31.6 Å². The predicted molar refractivity (Wildman–Crippen MR) is 109 cm³/mol. The maximum Gasteiger partial charge on any atom is 0.341 e. The van der Waals surface area contributed by atoms with Gasteiger partial charge in [-0.2, -0.15) is 0 Å². The van der Waals surface area contributed by atoms with Crippen LogP contribution in [0.25, 0.3) is 0 Å². The van der Waals surface area contributed by atoms with E-state index in [1.165, 1.54) is 18.4 Å². The van der Waals surface area contributed by atoms with E-state index in [0.29, 0.717) is 16.3 Å². The fourth-order valence-electron chi connectivity index (χ4n) is 3.15. The third-order valence-corrected chi connectivity index (χ3v) is 5.69. The summed E-state index contributed by atoms with van der Waals surface area (Å²) in [5.74, 6) is -0.682. The van der Waals surface area contributed by atoms with Gasteiger partial charge in [-0.05, 0) is 43.4 Å². The number of thiophene rings is 1. The number of nitrogens with one attached hydrogen (secondary N) is 3. The molecule has 3 rings (SSSR count). The number of benzene rings is 1. The molecule has 1 heterocycles. The van der Waals surface area contributed by atoms with Crippen LogP contribution in [0.1, 0.15) is 40.1 Å². The Morgan fingerprint density at radius 2 is 1.82 bits per heavy atom. The summed E-state index contributed by atoms with van der Waals surface area (Å²) >= 11 is 1.44. The Balaban J connectivity index is 1.54. The van der Waals surface area contributed by atoms with Crippen LogP contribution in [0.3, 0.4) is 0 Å². The van der Waals surface area contributed by atoms with Crippen molar-refractivity contribution in [3.05, 3.63) is 46.3 Å². The van der Waals surface area contributed by atoms with Crippen molar-refractivity contribution in [2.24, 2.45) is 0 Å². The zero-order chi connectivity index (χ0) is 19.9. The van der Waals surface area contributed by atoms with Crippen molar-refractivity contribution in [3.8, 4) is 0 Å². The zero-order valence-corrected chi connectivity index (χ0v) is 16.5. The van der Waals surface area contributed by atoms with E-state index in [4.69, 9.17) is 4.74 Å². The quantitative estimate of drug-likeness (QED) is 0.645. The van der Waals surface area contributed by atoms with Gasteiger partial charge in [-0.15, -0.1) is 11.3 Å². The summed E-state index contributed by atoms with van der Waals surface area (Å²) in [7, 11) is 1.34. The first-order valence-electron chi connectivity index (χ1n) is 9.21. The zero-order valence-electron chi connectivity index (χ0n) is 15.7. The average Bonchev–Trinajstić information content (AvgIpc) is 3.05. The molecule has 1 aromatic carbocycles. The number of anilines is 2. The van der Waals surface area contributed by atoms with Crippen molar-refractivity contribution < 1.29 is 19.1 Å². The minimum Gasteiger partial charge on any atom is -0.465 e. The molecule has 1 aliphatic carbocycles. The molecule has 2 aromatic rings. The molecular weight excluding hydrogens is 378 g/mol. The number of carbonyl (C=O) groups excluding carboxylic acids is 3. The first-order valence-corrected chi connectivity index (χ1v) is 10.0. The van der Waals surface area contributed by atoms with Crippen LogP contribution in [0.5, 0.6) is 0 Å². The van der Waals surface area contributed by atoms with Crippen LogP contribution in [0.15, 0.2) is 30.3 Å². The number of ether oxygens (including phenoxy) is 1. The first-order chi connectivity index (χ1) is 13.6. The molecule has 0 radical (unpaired) electrons. The van der Waals surface area contributed by atoms with Gasteiger partial charge in [0.25, 0.3) is 0 Å². The molecule has 0 atom stereocenters. The van der Waals surface area contributed by atoms with Gasteiger partial charge in [-0.3, -0.25) is 4.79 Å². The SMILES string of the molecule is COC(=O)c1c(NC(=O)CCNC(=O)Nc2ccccc2)sc2c1CCCC2. The fourth-order valence-corrected chi connectivity index (χ4v) is 4.44. The summed E-state index contributed by atoms with van der Waals surface area (Å²) in [4.78, 5) is 37.5. The number of methoxy groups -OCH3 is 1. The Kier molecular flexibility index (Phi) is 6.65. The van der Waals surface area contributed by atoms with E-state index >= 15 is 0 Å². The minimum absolute atomic E-state index is 0.103. The van der Waals surface area contributed by atoms with E-state index in [-0.39, 0.29) is 24.9 Å². The molecule has 3 amide bonds. The van der Waals surface area contributed by atoms with Crippen molar-refractivity contribution in [1.29, 1.82) is 0 Å². The second kappa shape index (κ2) is 9.36. The molecule has 0 spiro atoms. The maximum absolute atomic E-state index is 12.3. The van der Waals surface area contributed by atoms with E-state index in [1.54, 1.807) is 12.1 Å². The Morgan fingerprint density at radius 3 is 2.57 bits per heavy atom. The number of amides is 3. The molecule has 28 heavy (non-hydrogen) atoms. The summed E-state index contributed by atoms with van der Waals surface area (Å²) < 4.78 is 4.90. The normalized spacial score (nSPS) is 12.6. The van der Waals surface area contributed by atoms with E-state index in [1.807, 2.05) is 18.2 Å². The smallest absolute Gasteiger partial charge is 0.341 e. The van der Waals surface area contributed by atoms with Crippen molar-refractivity contribution in [3.63, 3.8) is 0 Å². The number of hydrogen-bond donors (Lipinski definition) is 3. The molecule has 148 valence electrons. The summed E-state index contributed by atoms with van der Waals surface area (Å²) in [5.41, 5.74) is 2.15. The fraction of sp³-hybridized carbons (Fsp3) is 0.350. The largest absolute Gasteiger partial charge is 0.465 e. The van der Waals surface area contributed by atoms with E-state index in [9.17, 15) is 14.4 Å². The molecule has 3 N–H and O–H groups in total. The van der Waals surface area contributed by atoms with Gasteiger partial charge >= 0.3 is 12.0 Å². The van der Waals surface area contributed by atoms with Crippen LogP contribution in [0, 0.1) is 0 Å². The molecular formula is C20H23N3O4S. The van der Waals surface area contributed by atoms with Crippen molar-refractivity contribution >= 4 is 39.9 Å². The van der Waals surface area contributed by atoms with Crippen molar-refractivity contribution in [2.45, 2.75) is 32.1 Å². The summed E-state index contributed by atoms with van der Waals surface area (Å²) in [6.45, 7) is 0.184. The molecule has 8 heteroatoms. The van der Waals surface area contributed by atoms with Crippen LogP contribution >= 0.6 is 11.3 Å². The van der Waals surface area contributed by atoms with Crippen molar-refractivity contribution in [1.82, 2.24) is 5.32 Å². The molecule has 0 saturated carbocycles. The molecule has 1 aliphatic rings. The topological polar surface area (TPSA) is 96.5 Å². The third-order valence-electron chi connectivity index (χ3n) is 4.48. The van der Waals surface area contributed by atoms with Crippen LogP contribution < -0.4 is 16.0 Å². The standard InChI is InChI=1S/C20H23N3O4S/c1-27-19(25)17-14-9-5-6-10-15(14)28-18(17)23-16(24)11-12-21-20(26)22-13-7-3-2-4-8-13/h2-4,7-8H,5-6,9-12H2,1H3,(H,23,24)(H2,21,22,26). The molecule has 0 unspecified atom stereocenters. The monoisotopic (exact) mass is 401 g/mol. The highest BCUT2D eigenvalue weighted by Crippen LogP contribution is 2.38. The van der Waals surface area contributed by atoms with Gasteiger partial charge in [0.15, 0.2) is 0 Å². The van der Waals surface area contributed by atoms with Crippen LogP contribution in [-0.2, 0) is 22.4 Å². The van der Waals surface area contributed by atoms with E-state index < -0.39 is 5.97 Å². The Bertz CT molecular complexity index is 864. The lowest BCUT2D eigenvalue weighted by molar-refractivity contribution is -0.116. The molecule has 1 aromatic heterocycles. The third kappa shape index (κ3) is 4.89. The lowest BCUT2D eigenvalue weighted by Gasteiger charge is -2.11. The number of hydrogen-bond acceptors (Lipinski definition) is 5. The highest BCUT2D eigenvalue weighted by atomic mass is 32.1. The Labute approximate surface area is 167 Å². The van der Waals surface area contributed by atoms with Gasteiger partial charge < -0.3 is 20.7 Å². The van der Waals surface area contributed by atoms with Gasteiger partial charge in [0.2, 0.25) is 5.91 Å². The summed E-state index contributed by atoms with van der Waals surface area (Å²) in [6.07, 6.45) is 3.96. The van der Waals surface area contributed by atoms with E-state index in [2.05, 4.69) is 16.0 Å². The van der Waals surface area contributed by atoms with Gasteiger partial charge in [0.1, 0.15) is 5.00 Å². The van der Waals surface area contributed by atoms with Crippen LogP contribution in [0.4, 0.5) is 15.5 Å². The number of esters is 1. The Morgan fingerprint density at radius 1 is 1.07 bits per heavy atom. The Hall–Kier alpha value is -2.87. The molecule has 7 nitrogen and oxygen atoms in total. The maximum atomic E-state index is 12.3. The van der Waals surface area contributed by atoms with Gasteiger partial charge in [-0.25, -0.2) is 9.59 Å². The van der Waals surface area contributed by atoms with Crippen molar-refractivity contribution in [2.75, 3.05) is 24.3 Å². The highest BCUT2D eigenvalue weighted by Gasteiger charge is 2.26. The minimum atomic E-state index is -0.421. The summed E-state index contributed by atoms with van der Waals surface area (Å²) in [6, 6.07) is 8.68. The molecule has 0 saturated heterocycles. The molecule has 0 aliphatic heterocycles. The van der Waals surface area contributed by atoms with Crippen LogP contribution in [0.2, 0.25) is 0 Å². The lowest BCUT2D eigenvalue weighted by atomic mass is 9.95. The summed E-state index contributed by atoms with van der Waals surface area (Å²) in [5, 5.41) is 8.69. The van der Waals surface area contributed by atoms with E-state index in [0.717, 1.165) is 36.1 Å². The second-order valence-corrected chi connectivity index (χ2v) is 7.56. The van der Waals surface area contributed by atoms with Gasteiger partial charge in [0.05, 0.1) is 12.7 Å². The first kappa shape index (κ1) is 19.9. The predicted octanol–water partition coefficient (Wildman–Crippen LogP) is 3.56. The second-order valence-electron chi connectivity index (χ2n) is 6.45. The number of urea groups is 1. The average molecular weight is 401 g/mol.